The van der Waals surface area contributed by atoms with Gasteiger partial charge in [0, 0.05) is 66.3 Å². The van der Waals surface area contributed by atoms with Gasteiger partial charge in [0.2, 0.25) is 0 Å². The van der Waals surface area contributed by atoms with Crippen molar-refractivity contribution in [2.45, 2.75) is 38.3 Å². The third kappa shape index (κ3) is 3.80. The van der Waals surface area contributed by atoms with Crippen LogP contribution >= 0.6 is 22.9 Å². The summed E-state index contributed by atoms with van der Waals surface area (Å²) in [5, 5.41) is 6.87. The van der Waals surface area contributed by atoms with Crippen LogP contribution in [0.1, 0.15) is 35.6 Å². The highest BCUT2D eigenvalue weighted by Gasteiger charge is 2.36. The summed E-state index contributed by atoms with van der Waals surface area (Å²) >= 11 is 8.12. The van der Waals surface area contributed by atoms with E-state index in [0.29, 0.717) is 36.7 Å². The van der Waals surface area contributed by atoms with Crippen molar-refractivity contribution in [3.05, 3.63) is 63.4 Å². The lowest BCUT2D eigenvalue weighted by atomic mass is 9.98. The summed E-state index contributed by atoms with van der Waals surface area (Å²) in [7, 11) is 0. The third-order valence-electron chi connectivity index (χ3n) is 6.17. The summed E-state index contributed by atoms with van der Waals surface area (Å²) in [4.78, 5) is 6.18. The molecule has 3 aromatic heterocycles. The van der Waals surface area contributed by atoms with Crippen molar-refractivity contribution in [2.24, 2.45) is 0 Å². The quantitative estimate of drug-likeness (QED) is 0.338. The molecule has 0 fully saturated rings. The molecular weight excluding hydrogens is 468 g/mol. The van der Waals surface area contributed by atoms with Crippen LogP contribution in [0.2, 0.25) is 5.02 Å². The van der Waals surface area contributed by atoms with E-state index in [2.05, 4.69) is 10.1 Å². The Hall–Kier alpha value is -2.55. The SMILES string of the molecule is CC(F)(F)CN1CCc2noc(C3Cc4cc(Cl)cc(-c5ccnc6ccsc56)c4O3)c2C1. The average molecular weight is 488 g/mol. The highest BCUT2D eigenvalue weighted by Crippen LogP contribution is 2.47. The highest BCUT2D eigenvalue weighted by atomic mass is 35.5. The minimum atomic E-state index is -2.75. The van der Waals surface area contributed by atoms with Gasteiger partial charge >= 0.3 is 0 Å². The first-order valence-corrected chi connectivity index (χ1v) is 12.0. The minimum Gasteiger partial charge on any atom is -0.481 e. The van der Waals surface area contributed by atoms with Gasteiger partial charge in [0.05, 0.1) is 22.5 Å². The second-order valence-corrected chi connectivity index (χ2v) is 10.1. The number of halogens is 3. The van der Waals surface area contributed by atoms with Crippen molar-refractivity contribution < 1.29 is 18.0 Å². The van der Waals surface area contributed by atoms with Crippen LogP contribution in [-0.4, -0.2) is 34.1 Å². The Labute approximate surface area is 197 Å². The lowest BCUT2D eigenvalue weighted by Gasteiger charge is -2.28. The van der Waals surface area contributed by atoms with Crippen molar-refractivity contribution in [2.75, 3.05) is 13.1 Å². The number of ether oxygens (including phenoxy) is 1. The van der Waals surface area contributed by atoms with Crippen molar-refractivity contribution in [3.63, 3.8) is 0 Å². The Morgan fingerprint density at radius 3 is 3.00 bits per heavy atom. The van der Waals surface area contributed by atoms with Gasteiger partial charge in [-0.3, -0.25) is 9.88 Å². The molecule has 170 valence electrons. The Balaban J connectivity index is 1.35. The second-order valence-electron chi connectivity index (χ2n) is 8.75. The maximum atomic E-state index is 13.6. The van der Waals surface area contributed by atoms with Gasteiger partial charge in [0.1, 0.15) is 5.75 Å². The van der Waals surface area contributed by atoms with E-state index in [1.54, 1.807) is 22.4 Å². The number of thiophene rings is 1. The van der Waals surface area contributed by atoms with Gasteiger partial charge in [-0.1, -0.05) is 16.8 Å². The molecule has 5 heterocycles. The van der Waals surface area contributed by atoms with E-state index < -0.39 is 5.92 Å². The number of hydrogen-bond acceptors (Lipinski definition) is 6. The van der Waals surface area contributed by atoms with Gasteiger partial charge in [-0.15, -0.1) is 11.3 Å². The number of pyridine rings is 1. The molecule has 0 spiro atoms. The van der Waals surface area contributed by atoms with E-state index in [1.807, 2.05) is 29.6 Å². The van der Waals surface area contributed by atoms with Crippen LogP contribution in [0.25, 0.3) is 21.3 Å². The fourth-order valence-electron chi connectivity index (χ4n) is 4.83. The molecule has 0 saturated heterocycles. The largest absolute Gasteiger partial charge is 0.481 e. The zero-order valence-electron chi connectivity index (χ0n) is 17.8. The van der Waals surface area contributed by atoms with Gasteiger partial charge in [0.15, 0.2) is 11.9 Å². The fourth-order valence-corrected chi connectivity index (χ4v) is 5.95. The van der Waals surface area contributed by atoms with Crippen molar-refractivity contribution in [3.8, 4) is 16.9 Å². The van der Waals surface area contributed by atoms with E-state index in [4.69, 9.17) is 20.9 Å². The monoisotopic (exact) mass is 487 g/mol. The minimum absolute atomic E-state index is 0.290. The number of rotatable bonds is 4. The molecule has 4 aromatic rings. The third-order valence-corrected chi connectivity index (χ3v) is 7.33. The zero-order chi connectivity index (χ0) is 22.7. The van der Waals surface area contributed by atoms with Crippen molar-refractivity contribution >= 4 is 33.2 Å². The Morgan fingerprint density at radius 2 is 2.15 bits per heavy atom. The summed E-state index contributed by atoms with van der Waals surface area (Å²) in [5.74, 6) is -1.37. The number of aromatic nitrogens is 2. The van der Waals surface area contributed by atoms with Crippen LogP contribution in [0.15, 0.2) is 40.4 Å². The van der Waals surface area contributed by atoms with Crippen LogP contribution in [0, 0.1) is 0 Å². The summed E-state index contributed by atoms with van der Waals surface area (Å²) in [6, 6.07) is 7.79. The Bertz CT molecular complexity index is 1360. The van der Waals surface area contributed by atoms with E-state index in [1.165, 1.54) is 0 Å². The predicted molar refractivity (Wildman–Crippen MR) is 123 cm³/mol. The molecule has 1 atom stereocenters. The molecule has 9 heteroatoms. The number of fused-ring (bicyclic) bond motifs is 3. The average Bonchev–Trinajstić information content (AvgIpc) is 3.48. The maximum Gasteiger partial charge on any atom is 0.257 e. The summed E-state index contributed by atoms with van der Waals surface area (Å²) in [6.45, 7) is 1.57. The molecule has 1 unspecified atom stereocenters. The first-order valence-electron chi connectivity index (χ1n) is 10.7. The molecule has 6 rings (SSSR count). The molecule has 2 aliphatic rings. The molecule has 2 aliphatic heterocycles. The molecule has 0 N–H and O–H groups in total. The van der Waals surface area contributed by atoms with Crippen LogP contribution in [0.4, 0.5) is 8.78 Å². The Morgan fingerprint density at radius 1 is 1.27 bits per heavy atom. The molecule has 0 bridgehead atoms. The molecule has 5 nitrogen and oxygen atoms in total. The molecule has 0 amide bonds. The molecule has 0 radical (unpaired) electrons. The van der Waals surface area contributed by atoms with E-state index in [0.717, 1.165) is 50.8 Å². The van der Waals surface area contributed by atoms with Crippen LogP contribution in [0.3, 0.4) is 0 Å². The molecule has 33 heavy (non-hydrogen) atoms. The van der Waals surface area contributed by atoms with Gasteiger partial charge in [-0.2, -0.15) is 0 Å². The lowest BCUT2D eigenvalue weighted by molar-refractivity contribution is -0.0181. The molecule has 0 saturated carbocycles. The zero-order valence-corrected chi connectivity index (χ0v) is 19.3. The molecule has 1 aromatic carbocycles. The number of hydrogen-bond donors (Lipinski definition) is 0. The van der Waals surface area contributed by atoms with Gasteiger partial charge in [-0.25, -0.2) is 8.78 Å². The topological polar surface area (TPSA) is 51.4 Å². The van der Waals surface area contributed by atoms with Crippen molar-refractivity contribution in [1.29, 1.82) is 0 Å². The van der Waals surface area contributed by atoms with E-state index in [9.17, 15) is 8.78 Å². The number of alkyl halides is 2. The number of benzene rings is 1. The van der Waals surface area contributed by atoms with Gasteiger partial charge in [0.25, 0.3) is 5.92 Å². The number of nitrogens with zero attached hydrogens (tertiary/aromatic N) is 3. The molecular formula is C24H20ClF2N3O2S. The maximum absolute atomic E-state index is 13.6. The first kappa shape index (κ1) is 21.0. The fraction of sp³-hybridized carbons (Fsp3) is 0.333. The van der Waals surface area contributed by atoms with E-state index >= 15 is 0 Å². The van der Waals surface area contributed by atoms with Crippen LogP contribution < -0.4 is 4.74 Å². The van der Waals surface area contributed by atoms with Crippen molar-refractivity contribution in [1.82, 2.24) is 15.0 Å². The normalized spacial score (nSPS) is 18.4. The standard InChI is InChI=1S/C24H20ClF2N3O2S/c1-24(26,27)12-30-6-3-18-17(11-30)22(32-29-18)20-9-13-8-14(25)10-16(21(13)31-20)15-2-5-28-19-4-7-33-23(15)19/h2,4-5,7-8,10,20H,3,6,9,11-12H2,1H3. The summed E-state index contributed by atoms with van der Waals surface area (Å²) < 4.78 is 40.4. The van der Waals surface area contributed by atoms with Crippen LogP contribution in [0.5, 0.6) is 5.75 Å². The van der Waals surface area contributed by atoms with E-state index in [-0.39, 0.29) is 12.6 Å². The Kier molecular flexibility index (Phi) is 4.94. The lowest BCUT2D eigenvalue weighted by Crippen LogP contribution is -2.38. The van der Waals surface area contributed by atoms with Gasteiger partial charge in [-0.05, 0) is 29.6 Å². The van der Waals surface area contributed by atoms with Gasteiger partial charge < -0.3 is 9.26 Å². The molecule has 0 aliphatic carbocycles. The predicted octanol–water partition coefficient (Wildman–Crippen LogP) is 6.29. The van der Waals surface area contributed by atoms with Crippen LogP contribution in [-0.2, 0) is 19.4 Å². The highest BCUT2D eigenvalue weighted by molar-refractivity contribution is 7.17. The summed E-state index contributed by atoms with van der Waals surface area (Å²) in [5.41, 5.74) is 5.54. The first-order chi connectivity index (χ1) is 15.9. The second kappa shape index (κ2) is 7.75. The summed E-state index contributed by atoms with van der Waals surface area (Å²) in [6.07, 6.45) is 2.57. The smallest absolute Gasteiger partial charge is 0.257 e.